The van der Waals surface area contributed by atoms with E-state index in [-0.39, 0.29) is 12.0 Å². The van der Waals surface area contributed by atoms with Gasteiger partial charge in [-0.05, 0) is 32.6 Å². The van der Waals surface area contributed by atoms with Crippen LogP contribution in [0.2, 0.25) is 0 Å². The molecule has 4 atom stereocenters. The van der Waals surface area contributed by atoms with Crippen LogP contribution in [0.5, 0.6) is 0 Å². The number of aliphatic hydroxyl groups is 1. The zero-order valence-electron chi connectivity index (χ0n) is 12.0. The first-order valence-corrected chi connectivity index (χ1v) is 8.66. The van der Waals surface area contributed by atoms with Crippen LogP contribution in [0, 0.1) is 5.92 Å². The summed E-state index contributed by atoms with van der Waals surface area (Å²) in [4.78, 5) is 11.5. The number of esters is 1. The summed E-state index contributed by atoms with van der Waals surface area (Å²) in [6.07, 6.45) is 3.63. The van der Waals surface area contributed by atoms with Crippen molar-refractivity contribution in [3.05, 3.63) is 0 Å². The summed E-state index contributed by atoms with van der Waals surface area (Å²) in [5.74, 6) is -0.736. The number of nitrogens with zero attached hydrogens (tertiary/aromatic N) is 1. The Morgan fingerprint density at radius 3 is 2.55 bits per heavy atom. The molecule has 1 saturated heterocycles. The minimum absolute atomic E-state index is 0.00266. The topological polar surface area (TPSA) is 83.9 Å². The summed E-state index contributed by atoms with van der Waals surface area (Å²) >= 11 is 0. The Hall–Kier alpha value is -0.660. The third-order valence-electron chi connectivity index (χ3n) is 4.58. The van der Waals surface area contributed by atoms with Crippen LogP contribution in [0.3, 0.4) is 0 Å². The SMILES string of the molecule is COC(=O)C(C)S(=O)(=O)N1CCCC1C1CCCC1O. The summed E-state index contributed by atoms with van der Waals surface area (Å²) in [7, 11) is -2.52. The third-order valence-corrected chi connectivity index (χ3v) is 6.77. The number of rotatable bonds is 4. The number of methoxy groups -OCH3 is 1. The number of sulfonamides is 1. The van der Waals surface area contributed by atoms with Crippen LogP contribution in [-0.4, -0.2) is 54.8 Å². The first-order chi connectivity index (χ1) is 9.39. The van der Waals surface area contributed by atoms with E-state index in [2.05, 4.69) is 4.74 Å². The van der Waals surface area contributed by atoms with E-state index in [0.717, 1.165) is 32.1 Å². The van der Waals surface area contributed by atoms with Gasteiger partial charge in [0.2, 0.25) is 10.0 Å². The zero-order chi connectivity index (χ0) is 14.9. The summed E-state index contributed by atoms with van der Waals surface area (Å²) in [6.45, 7) is 1.79. The van der Waals surface area contributed by atoms with Crippen molar-refractivity contribution < 1.29 is 23.1 Å². The van der Waals surface area contributed by atoms with Gasteiger partial charge in [0.1, 0.15) is 0 Å². The average Bonchev–Trinajstić information content (AvgIpc) is 3.04. The quantitative estimate of drug-likeness (QED) is 0.765. The van der Waals surface area contributed by atoms with Crippen LogP contribution < -0.4 is 0 Å². The first kappa shape index (κ1) is 15.7. The van der Waals surface area contributed by atoms with E-state index in [1.807, 2.05) is 0 Å². The van der Waals surface area contributed by atoms with Crippen molar-refractivity contribution in [2.75, 3.05) is 13.7 Å². The van der Waals surface area contributed by atoms with Gasteiger partial charge in [0, 0.05) is 18.5 Å². The van der Waals surface area contributed by atoms with Gasteiger partial charge in [0.25, 0.3) is 0 Å². The fourth-order valence-corrected chi connectivity index (χ4v) is 5.19. The van der Waals surface area contributed by atoms with E-state index in [1.54, 1.807) is 0 Å². The molecule has 7 heteroatoms. The van der Waals surface area contributed by atoms with Gasteiger partial charge in [0.15, 0.2) is 5.25 Å². The Bertz CT molecular complexity index is 463. The highest BCUT2D eigenvalue weighted by Gasteiger charge is 2.46. The normalized spacial score (nSPS) is 33.2. The number of carbonyl (C=O) groups is 1. The number of aliphatic hydroxyl groups excluding tert-OH is 1. The molecule has 0 aromatic heterocycles. The van der Waals surface area contributed by atoms with Crippen LogP contribution in [-0.2, 0) is 19.6 Å². The highest BCUT2D eigenvalue weighted by Crippen LogP contribution is 2.37. The lowest BCUT2D eigenvalue weighted by atomic mass is 9.95. The number of hydrogen-bond acceptors (Lipinski definition) is 5. The molecule has 0 spiro atoms. The van der Waals surface area contributed by atoms with Crippen LogP contribution in [0.15, 0.2) is 0 Å². The molecule has 4 unspecified atom stereocenters. The summed E-state index contributed by atoms with van der Waals surface area (Å²) in [5.41, 5.74) is 0. The zero-order valence-corrected chi connectivity index (χ0v) is 12.8. The Morgan fingerprint density at radius 1 is 1.30 bits per heavy atom. The molecule has 2 aliphatic rings. The molecule has 1 aliphatic carbocycles. The molecule has 116 valence electrons. The fraction of sp³-hybridized carbons (Fsp3) is 0.923. The van der Waals surface area contributed by atoms with Gasteiger partial charge < -0.3 is 9.84 Å². The summed E-state index contributed by atoms with van der Waals surface area (Å²) in [5, 5.41) is 8.83. The molecule has 1 N–H and O–H groups in total. The molecule has 1 saturated carbocycles. The van der Waals surface area contributed by atoms with Gasteiger partial charge in [0.05, 0.1) is 13.2 Å². The second-order valence-corrected chi connectivity index (χ2v) is 7.90. The van der Waals surface area contributed by atoms with Gasteiger partial charge in [-0.15, -0.1) is 0 Å². The number of carbonyl (C=O) groups excluding carboxylic acids is 1. The van der Waals surface area contributed by atoms with Crippen molar-refractivity contribution in [2.24, 2.45) is 5.92 Å². The summed E-state index contributed by atoms with van der Waals surface area (Å²) in [6, 6.07) is -0.176. The standard InChI is InChI=1S/C13H23NO5S/c1-9(13(16)19-2)20(17,18)14-8-4-6-11(14)10-5-3-7-12(10)15/h9-12,15H,3-8H2,1-2H3. The number of hydrogen-bond donors (Lipinski definition) is 1. The molecule has 1 heterocycles. The predicted molar refractivity (Wildman–Crippen MR) is 73.5 cm³/mol. The van der Waals surface area contributed by atoms with Gasteiger partial charge in [-0.1, -0.05) is 6.42 Å². The van der Waals surface area contributed by atoms with Crippen molar-refractivity contribution in [1.82, 2.24) is 4.31 Å². The fourth-order valence-electron chi connectivity index (χ4n) is 3.42. The van der Waals surface area contributed by atoms with Gasteiger partial charge in [-0.25, -0.2) is 8.42 Å². The van der Waals surface area contributed by atoms with Crippen LogP contribution in [0.25, 0.3) is 0 Å². The smallest absolute Gasteiger partial charge is 0.325 e. The van der Waals surface area contributed by atoms with E-state index in [1.165, 1.54) is 18.3 Å². The van der Waals surface area contributed by atoms with E-state index >= 15 is 0 Å². The van der Waals surface area contributed by atoms with Crippen molar-refractivity contribution >= 4 is 16.0 Å². The molecular formula is C13H23NO5S. The third kappa shape index (κ3) is 2.71. The van der Waals surface area contributed by atoms with E-state index in [4.69, 9.17) is 0 Å². The molecule has 20 heavy (non-hydrogen) atoms. The van der Waals surface area contributed by atoms with Crippen molar-refractivity contribution in [2.45, 2.75) is 56.4 Å². The first-order valence-electron chi connectivity index (χ1n) is 7.16. The molecular weight excluding hydrogens is 282 g/mol. The monoisotopic (exact) mass is 305 g/mol. The molecule has 0 radical (unpaired) electrons. The maximum Gasteiger partial charge on any atom is 0.325 e. The molecule has 0 aromatic carbocycles. The number of ether oxygens (including phenoxy) is 1. The van der Waals surface area contributed by atoms with Crippen LogP contribution in [0.4, 0.5) is 0 Å². The average molecular weight is 305 g/mol. The Morgan fingerprint density at radius 2 is 2.00 bits per heavy atom. The lowest BCUT2D eigenvalue weighted by molar-refractivity contribution is -0.139. The lowest BCUT2D eigenvalue weighted by Crippen LogP contribution is -2.47. The summed E-state index contributed by atoms with van der Waals surface area (Å²) < 4.78 is 31.1. The van der Waals surface area contributed by atoms with Crippen molar-refractivity contribution in [3.63, 3.8) is 0 Å². The molecule has 2 rings (SSSR count). The molecule has 0 amide bonds. The largest absolute Gasteiger partial charge is 0.468 e. The Balaban J connectivity index is 2.19. The molecule has 0 bridgehead atoms. The highest BCUT2D eigenvalue weighted by atomic mass is 32.2. The second-order valence-electron chi connectivity index (χ2n) is 5.69. The highest BCUT2D eigenvalue weighted by molar-refractivity contribution is 7.90. The van der Waals surface area contributed by atoms with Crippen molar-refractivity contribution in [1.29, 1.82) is 0 Å². The van der Waals surface area contributed by atoms with Gasteiger partial charge >= 0.3 is 5.97 Å². The van der Waals surface area contributed by atoms with E-state index in [9.17, 15) is 18.3 Å². The predicted octanol–water partition coefficient (Wildman–Crippen LogP) is 0.503. The van der Waals surface area contributed by atoms with Crippen molar-refractivity contribution in [3.8, 4) is 0 Å². The molecule has 0 aromatic rings. The molecule has 1 aliphatic heterocycles. The maximum absolute atomic E-state index is 12.6. The lowest BCUT2D eigenvalue weighted by Gasteiger charge is -2.31. The van der Waals surface area contributed by atoms with Crippen LogP contribution in [0.1, 0.15) is 39.0 Å². The minimum atomic E-state index is -3.71. The van der Waals surface area contributed by atoms with Crippen LogP contribution >= 0.6 is 0 Å². The molecule has 6 nitrogen and oxygen atoms in total. The second kappa shape index (κ2) is 5.99. The molecule has 2 fully saturated rings. The maximum atomic E-state index is 12.6. The van der Waals surface area contributed by atoms with E-state index in [0.29, 0.717) is 6.54 Å². The Labute approximate surface area is 120 Å². The minimum Gasteiger partial charge on any atom is -0.468 e. The van der Waals surface area contributed by atoms with E-state index < -0.39 is 27.3 Å². The van der Waals surface area contributed by atoms with Gasteiger partial charge in [-0.3, -0.25) is 4.79 Å². The van der Waals surface area contributed by atoms with Gasteiger partial charge in [-0.2, -0.15) is 4.31 Å². The Kier molecular flexibility index (Phi) is 4.71.